The monoisotopic (exact) mass is 286 g/mol. The van der Waals surface area contributed by atoms with Crippen LogP contribution in [0.4, 0.5) is 0 Å². The van der Waals surface area contributed by atoms with Crippen LogP contribution in [0.5, 0.6) is 0 Å². The van der Waals surface area contributed by atoms with Crippen molar-refractivity contribution in [1.29, 1.82) is 0 Å². The summed E-state index contributed by atoms with van der Waals surface area (Å²) < 4.78 is 16.3. The standard InChI is InChI=1S/C14H26O4Si/c1-7-16-13(15)9-8-11-12(18-11)10-17-19(5,6)14(2,3)4/h8-9,11-12H,7,10H2,1-6H3/b9-8+/t11-,12-/m1/s1. The summed E-state index contributed by atoms with van der Waals surface area (Å²) in [6.07, 6.45) is 3.26. The lowest BCUT2D eigenvalue weighted by molar-refractivity contribution is -0.137. The molecule has 0 bridgehead atoms. The van der Waals surface area contributed by atoms with Crippen LogP contribution < -0.4 is 0 Å². The summed E-state index contributed by atoms with van der Waals surface area (Å²) >= 11 is 0. The van der Waals surface area contributed by atoms with Crippen LogP contribution in [0.1, 0.15) is 27.7 Å². The van der Waals surface area contributed by atoms with Crippen LogP contribution in [-0.2, 0) is 18.7 Å². The lowest BCUT2D eigenvalue weighted by Crippen LogP contribution is -2.41. The van der Waals surface area contributed by atoms with Gasteiger partial charge in [0.2, 0.25) is 0 Å². The van der Waals surface area contributed by atoms with E-state index in [4.69, 9.17) is 13.9 Å². The van der Waals surface area contributed by atoms with Gasteiger partial charge >= 0.3 is 5.97 Å². The predicted octanol–water partition coefficient (Wildman–Crippen LogP) is 2.89. The van der Waals surface area contributed by atoms with Crippen molar-refractivity contribution in [3.63, 3.8) is 0 Å². The fraction of sp³-hybridized carbons (Fsp3) is 0.786. The highest BCUT2D eigenvalue weighted by atomic mass is 28.4. The second kappa shape index (κ2) is 6.20. The smallest absolute Gasteiger partial charge is 0.330 e. The van der Waals surface area contributed by atoms with Gasteiger partial charge in [-0.1, -0.05) is 20.8 Å². The minimum absolute atomic E-state index is 0.00539. The zero-order valence-corrected chi connectivity index (χ0v) is 13.9. The summed E-state index contributed by atoms with van der Waals surface area (Å²) in [5, 5.41) is 0.207. The summed E-state index contributed by atoms with van der Waals surface area (Å²) in [5.74, 6) is -0.318. The molecule has 0 aromatic heterocycles. The van der Waals surface area contributed by atoms with Gasteiger partial charge in [-0.2, -0.15) is 0 Å². The molecule has 0 spiro atoms. The molecule has 2 atom stereocenters. The zero-order chi connectivity index (χ0) is 14.7. The molecule has 0 aliphatic carbocycles. The number of hydrogen-bond donors (Lipinski definition) is 0. The van der Waals surface area contributed by atoms with E-state index in [1.807, 2.05) is 0 Å². The maximum absolute atomic E-state index is 11.1. The molecule has 0 amide bonds. The van der Waals surface area contributed by atoms with Crippen molar-refractivity contribution in [2.75, 3.05) is 13.2 Å². The van der Waals surface area contributed by atoms with E-state index < -0.39 is 8.32 Å². The number of ether oxygens (including phenoxy) is 2. The van der Waals surface area contributed by atoms with E-state index in [1.165, 1.54) is 6.08 Å². The molecule has 5 heteroatoms. The average Bonchev–Trinajstić information content (AvgIpc) is 3.01. The third kappa shape index (κ3) is 5.08. The van der Waals surface area contributed by atoms with Crippen LogP contribution in [0.15, 0.2) is 12.2 Å². The molecular weight excluding hydrogens is 260 g/mol. The zero-order valence-electron chi connectivity index (χ0n) is 12.9. The van der Waals surface area contributed by atoms with Crippen LogP contribution in [0.2, 0.25) is 18.1 Å². The maximum atomic E-state index is 11.1. The largest absolute Gasteiger partial charge is 0.463 e. The molecule has 1 saturated heterocycles. The number of carbonyl (C=O) groups is 1. The summed E-state index contributed by atoms with van der Waals surface area (Å²) in [6, 6.07) is 0. The first kappa shape index (κ1) is 16.4. The Morgan fingerprint density at radius 2 is 2.00 bits per heavy atom. The van der Waals surface area contributed by atoms with E-state index in [1.54, 1.807) is 13.0 Å². The summed E-state index contributed by atoms with van der Waals surface area (Å²) in [5.41, 5.74) is 0. The van der Waals surface area contributed by atoms with Gasteiger partial charge in [-0.15, -0.1) is 0 Å². The third-order valence-electron chi connectivity index (χ3n) is 3.74. The normalized spacial score (nSPS) is 23.7. The van der Waals surface area contributed by atoms with Gasteiger partial charge in [0.1, 0.15) is 12.2 Å². The highest BCUT2D eigenvalue weighted by molar-refractivity contribution is 6.74. The fourth-order valence-electron chi connectivity index (χ4n) is 1.33. The highest BCUT2D eigenvalue weighted by Gasteiger charge is 2.42. The van der Waals surface area contributed by atoms with E-state index in [9.17, 15) is 4.79 Å². The van der Waals surface area contributed by atoms with Gasteiger partial charge in [-0.25, -0.2) is 4.79 Å². The Hall–Kier alpha value is -0.653. The van der Waals surface area contributed by atoms with Crippen LogP contribution in [0.25, 0.3) is 0 Å². The Kier molecular flexibility index (Phi) is 5.35. The molecule has 1 fully saturated rings. The van der Waals surface area contributed by atoms with Crippen molar-refractivity contribution >= 4 is 14.3 Å². The first-order valence-corrected chi connectivity index (χ1v) is 9.72. The lowest BCUT2D eigenvalue weighted by Gasteiger charge is -2.35. The van der Waals surface area contributed by atoms with Gasteiger partial charge in [0, 0.05) is 6.08 Å². The van der Waals surface area contributed by atoms with Gasteiger partial charge in [-0.05, 0) is 31.1 Å². The van der Waals surface area contributed by atoms with E-state index in [2.05, 4.69) is 33.9 Å². The predicted molar refractivity (Wildman–Crippen MR) is 77.6 cm³/mol. The summed E-state index contributed by atoms with van der Waals surface area (Å²) in [7, 11) is -1.71. The topological polar surface area (TPSA) is 48.1 Å². The fourth-order valence-corrected chi connectivity index (χ4v) is 2.34. The first-order chi connectivity index (χ1) is 8.67. The molecule has 0 saturated carbocycles. The molecular formula is C14H26O4Si. The molecule has 1 rings (SSSR count). The van der Waals surface area contributed by atoms with Gasteiger partial charge in [-0.3, -0.25) is 0 Å². The van der Waals surface area contributed by atoms with Crippen LogP contribution in [-0.4, -0.2) is 39.7 Å². The van der Waals surface area contributed by atoms with Crippen molar-refractivity contribution < 1.29 is 18.7 Å². The molecule has 1 aliphatic rings. The van der Waals surface area contributed by atoms with E-state index >= 15 is 0 Å². The Morgan fingerprint density at radius 3 is 2.53 bits per heavy atom. The minimum Gasteiger partial charge on any atom is -0.463 e. The quantitative estimate of drug-likeness (QED) is 0.326. The number of hydrogen-bond acceptors (Lipinski definition) is 4. The molecule has 0 N–H and O–H groups in total. The highest BCUT2D eigenvalue weighted by Crippen LogP contribution is 2.37. The Labute approximate surface area is 117 Å². The number of esters is 1. The first-order valence-electron chi connectivity index (χ1n) is 6.82. The molecule has 110 valence electrons. The van der Waals surface area contributed by atoms with Gasteiger partial charge in [0.05, 0.1) is 13.2 Å². The second-order valence-corrected chi connectivity index (χ2v) is 11.1. The molecule has 19 heavy (non-hydrogen) atoms. The van der Waals surface area contributed by atoms with Gasteiger partial charge < -0.3 is 13.9 Å². The van der Waals surface area contributed by atoms with E-state index in [-0.39, 0.29) is 23.2 Å². The average molecular weight is 286 g/mol. The molecule has 1 aliphatic heterocycles. The maximum Gasteiger partial charge on any atom is 0.330 e. The van der Waals surface area contributed by atoms with Crippen LogP contribution in [0, 0.1) is 0 Å². The molecule has 1 heterocycles. The van der Waals surface area contributed by atoms with E-state index in [0.29, 0.717) is 13.2 Å². The van der Waals surface area contributed by atoms with Crippen molar-refractivity contribution in [2.45, 2.75) is 58.0 Å². The Balaban J connectivity index is 2.30. The van der Waals surface area contributed by atoms with Crippen molar-refractivity contribution in [2.24, 2.45) is 0 Å². The summed E-state index contributed by atoms with van der Waals surface area (Å²) in [6.45, 7) is 13.9. The third-order valence-corrected chi connectivity index (χ3v) is 8.25. The number of carbonyl (C=O) groups excluding carboxylic acids is 1. The second-order valence-electron chi connectivity index (χ2n) is 6.32. The Morgan fingerprint density at radius 1 is 1.37 bits per heavy atom. The van der Waals surface area contributed by atoms with E-state index in [0.717, 1.165) is 0 Å². The van der Waals surface area contributed by atoms with Gasteiger partial charge in [0.25, 0.3) is 0 Å². The number of rotatable bonds is 6. The van der Waals surface area contributed by atoms with Gasteiger partial charge in [0.15, 0.2) is 8.32 Å². The Bertz CT molecular complexity index is 344. The molecule has 0 aromatic rings. The number of epoxide rings is 1. The van der Waals surface area contributed by atoms with Crippen molar-refractivity contribution in [3.05, 3.63) is 12.2 Å². The summed E-state index contributed by atoms with van der Waals surface area (Å²) in [4.78, 5) is 11.1. The molecule has 0 aromatic carbocycles. The van der Waals surface area contributed by atoms with Crippen LogP contribution >= 0.6 is 0 Å². The van der Waals surface area contributed by atoms with Crippen LogP contribution in [0.3, 0.4) is 0 Å². The van der Waals surface area contributed by atoms with Crippen molar-refractivity contribution in [1.82, 2.24) is 0 Å². The SMILES string of the molecule is CCOC(=O)/C=C/[C@H]1O[C@@H]1CO[Si](C)(C)C(C)(C)C. The van der Waals surface area contributed by atoms with Crippen molar-refractivity contribution in [3.8, 4) is 0 Å². The molecule has 0 radical (unpaired) electrons. The molecule has 4 nitrogen and oxygen atoms in total. The lowest BCUT2D eigenvalue weighted by atomic mass is 10.2. The minimum atomic E-state index is -1.71. The molecule has 0 unspecified atom stereocenters.